The molecular weight excluding hydrogens is 314 g/mol. The van der Waals surface area contributed by atoms with Gasteiger partial charge in [0.1, 0.15) is 5.76 Å². The minimum Gasteiger partial charge on any atom is -0.497 e. The lowest BCUT2D eigenvalue weighted by Gasteiger charge is -2.28. The van der Waals surface area contributed by atoms with Crippen LogP contribution in [0.4, 0.5) is 0 Å². The van der Waals surface area contributed by atoms with Crippen molar-refractivity contribution in [3.63, 3.8) is 0 Å². The van der Waals surface area contributed by atoms with Crippen LogP contribution >= 0.6 is 0 Å². The van der Waals surface area contributed by atoms with Gasteiger partial charge >= 0.3 is 5.97 Å². The average Bonchev–Trinajstić information content (AvgIpc) is 2.75. The largest absolute Gasteiger partial charge is 0.497 e. The van der Waals surface area contributed by atoms with Gasteiger partial charge in [0.15, 0.2) is 0 Å². The number of nitrogens with zero attached hydrogens (tertiary/aromatic N) is 1. The number of hydrogen-bond acceptors (Lipinski definition) is 3. The van der Waals surface area contributed by atoms with Gasteiger partial charge in [0.05, 0.1) is 19.6 Å². The number of aliphatic carboxylic acids is 1. The number of carbonyl (C=O) groups is 1. The maximum atomic E-state index is 11.4. The summed E-state index contributed by atoms with van der Waals surface area (Å²) in [6, 6.07) is 0.0406. The molecule has 1 aliphatic carbocycles. The molecular formula is C21H27NO3. The highest BCUT2D eigenvalue weighted by atomic mass is 16.5. The second kappa shape index (κ2) is 8.56. The van der Waals surface area contributed by atoms with Crippen LogP contribution in [0.3, 0.4) is 0 Å². The van der Waals surface area contributed by atoms with Gasteiger partial charge in [-0.2, -0.15) is 0 Å². The first kappa shape index (κ1) is 18.8. The number of methoxy groups -OCH3 is 1. The lowest BCUT2D eigenvalue weighted by molar-refractivity contribution is -0.136. The number of carboxylic acids is 1. The molecule has 0 saturated heterocycles. The lowest BCUT2D eigenvalue weighted by Crippen LogP contribution is -2.30. The van der Waals surface area contributed by atoms with E-state index < -0.39 is 5.97 Å². The molecule has 0 radical (unpaired) electrons. The first-order chi connectivity index (χ1) is 12.0. The molecule has 1 unspecified atom stereocenters. The summed E-state index contributed by atoms with van der Waals surface area (Å²) in [7, 11) is 1.63. The number of fused-ring (bicyclic) bond motifs is 1. The van der Waals surface area contributed by atoms with Crippen molar-refractivity contribution in [3.8, 4) is 0 Å². The molecule has 2 aliphatic rings. The zero-order valence-corrected chi connectivity index (χ0v) is 15.5. The Balaban J connectivity index is 2.40. The van der Waals surface area contributed by atoms with Crippen LogP contribution < -0.4 is 0 Å². The van der Waals surface area contributed by atoms with Crippen molar-refractivity contribution in [2.45, 2.75) is 39.7 Å². The maximum absolute atomic E-state index is 11.4. The Hall–Kier alpha value is -2.49. The third-order valence-electron chi connectivity index (χ3n) is 4.68. The summed E-state index contributed by atoms with van der Waals surface area (Å²) < 4.78 is 5.38. The van der Waals surface area contributed by atoms with Gasteiger partial charge in [0.2, 0.25) is 0 Å². The summed E-state index contributed by atoms with van der Waals surface area (Å²) in [5.41, 5.74) is 4.24. The van der Waals surface area contributed by atoms with Crippen molar-refractivity contribution in [2.75, 3.05) is 13.7 Å². The SMILES string of the molecule is C/C=C\C/C(=C\C)CN1C(C)=C(CC(=O)O)C2=CC(OC)=CC=CC21. The summed E-state index contributed by atoms with van der Waals surface area (Å²) in [5, 5.41) is 9.34. The second-order valence-corrected chi connectivity index (χ2v) is 6.19. The van der Waals surface area contributed by atoms with E-state index in [4.69, 9.17) is 4.74 Å². The van der Waals surface area contributed by atoms with Gasteiger partial charge in [-0.3, -0.25) is 4.79 Å². The van der Waals surface area contributed by atoms with E-state index in [0.29, 0.717) is 0 Å². The van der Waals surface area contributed by atoms with Crippen LogP contribution in [0.2, 0.25) is 0 Å². The molecule has 1 heterocycles. The molecule has 25 heavy (non-hydrogen) atoms. The van der Waals surface area contributed by atoms with Crippen LogP contribution in [0, 0.1) is 0 Å². The molecule has 0 bridgehead atoms. The third kappa shape index (κ3) is 4.32. The van der Waals surface area contributed by atoms with Gasteiger partial charge < -0.3 is 14.7 Å². The maximum Gasteiger partial charge on any atom is 0.307 e. The van der Waals surface area contributed by atoms with Gasteiger partial charge in [-0.1, -0.05) is 36.0 Å². The normalized spacial score (nSPS) is 20.6. The summed E-state index contributed by atoms with van der Waals surface area (Å²) in [5.74, 6) is -0.0707. The van der Waals surface area contributed by atoms with Gasteiger partial charge in [-0.25, -0.2) is 0 Å². The van der Waals surface area contributed by atoms with Crippen LogP contribution in [-0.2, 0) is 9.53 Å². The Kier molecular flexibility index (Phi) is 6.45. The monoisotopic (exact) mass is 341 g/mol. The molecule has 0 aromatic heterocycles. The molecule has 4 nitrogen and oxygen atoms in total. The molecule has 0 fully saturated rings. The molecule has 1 atom stereocenters. The molecule has 1 N–H and O–H groups in total. The van der Waals surface area contributed by atoms with Gasteiger partial charge in [-0.15, -0.1) is 0 Å². The predicted octanol–water partition coefficient (Wildman–Crippen LogP) is 4.36. The fourth-order valence-electron chi connectivity index (χ4n) is 3.26. The molecule has 4 heteroatoms. The molecule has 1 aliphatic heterocycles. The molecule has 0 aromatic rings. The third-order valence-corrected chi connectivity index (χ3v) is 4.68. The fraction of sp³-hybridized carbons (Fsp3) is 0.381. The van der Waals surface area contributed by atoms with Gasteiger partial charge in [0, 0.05) is 12.2 Å². The first-order valence-corrected chi connectivity index (χ1v) is 8.59. The van der Waals surface area contributed by atoms with Crippen LogP contribution in [-0.4, -0.2) is 35.7 Å². The zero-order chi connectivity index (χ0) is 18.4. The quantitative estimate of drug-likeness (QED) is 0.699. The molecule has 0 amide bonds. The number of carboxylic acid groups (broad SMARTS) is 1. The Morgan fingerprint density at radius 3 is 2.76 bits per heavy atom. The number of rotatable bonds is 7. The lowest BCUT2D eigenvalue weighted by atomic mass is 9.98. The van der Waals surface area contributed by atoms with Crippen LogP contribution in [0.15, 0.2) is 70.7 Å². The van der Waals surface area contributed by atoms with E-state index >= 15 is 0 Å². The van der Waals surface area contributed by atoms with Crippen molar-refractivity contribution in [3.05, 3.63) is 70.7 Å². The predicted molar refractivity (Wildman–Crippen MR) is 101 cm³/mol. The standard InChI is InChI=1S/C21H27NO3/c1-5-7-9-16(6-2)14-22-15(3)18(13-21(23)24)19-12-17(25-4)10-8-11-20(19)22/h5-8,10-12,20H,9,13-14H2,1-4H3,(H,23,24)/b7-5-,16-6+. The van der Waals surface area contributed by atoms with E-state index in [1.54, 1.807) is 7.11 Å². The van der Waals surface area contributed by atoms with E-state index in [2.05, 4.69) is 36.1 Å². The van der Waals surface area contributed by atoms with Crippen molar-refractivity contribution >= 4 is 5.97 Å². The van der Waals surface area contributed by atoms with Crippen LogP contribution in [0.25, 0.3) is 0 Å². The van der Waals surface area contributed by atoms with Crippen molar-refractivity contribution in [1.82, 2.24) is 4.90 Å². The highest BCUT2D eigenvalue weighted by Gasteiger charge is 2.34. The summed E-state index contributed by atoms with van der Waals surface area (Å²) in [6.07, 6.45) is 15.2. The Morgan fingerprint density at radius 1 is 1.40 bits per heavy atom. The smallest absolute Gasteiger partial charge is 0.307 e. The average molecular weight is 341 g/mol. The molecule has 0 saturated carbocycles. The molecule has 2 rings (SSSR count). The zero-order valence-electron chi connectivity index (χ0n) is 15.5. The number of ether oxygens (including phenoxy) is 1. The fourth-order valence-corrected chi connectivity index (χ4v) is 3.26. The van der Waals surface area contributed by atoms with E-state index in [0.717, 1.165) is 35.6 Å². The van der Waals surface area contributed by atoms with E-state index in [1.165, 1.54) is 5.57 Å². The second-order valence-electron chi connectivity index (χ2n) is 6.19. The highest BCUT2D eigenvalue weighted by Crippen LogP contribution is 2.38. The topological polar surface area (TPSA) is 49.8 Å². The van der Waals surface area contributed by atoms with E-state index in [9.17, 15) is 9.90 Å². The van der Waals surface area contributed by atoms with Crippen molar-refractivity contribution in [1.29, 1.82) is 0 Å². The minimum absolute atomic E-state index is 0.0233. The van der Waals surface area contributed by atoms with Gasteiger partial charge in [-0.05, 0) is 50.5 Å². The van der Waals surface area contributed by atoms with E-state index in [1.807, 2.05) is 32.1 Å². The van der Waals surface area contributed by atoms with Gasteiger partial charge in [0.25, 0.3) is 0 Å². The van der Waals surface area contributed by atoms with Crippen LogP contribution in [0.5, 0.6) is 0 Å². The minimum atomic E-state index is -0.813. The number of hydrogen-bond donors (Lipinski definition) is 1. The Morgan fingerprint density at radius 2 is 2.16 bits per heavy atom. The van der Waals surface area contributed by atoms with Crippen LogP contribution in [0.1, 0.15) is 33.6 Å². The summed E-state index contributed by atoms with van der Waals surface area (Å²) in [6.45, 7) is 6.87. The Bertz CT molecular complexity index is 705. The molecule has 0 spiro atoms. The highest BCUT2D eigenvalue weighted by molar-refractivity contribution is 5.73. The number of allylic oxidation sites excluding steroid dienone is 7. The Labute approximate surface area is 150 Å². The summed E-state index contributed by atoms with van der Waals surface area (Å²) >= 11 is 0. The van der Waals surface area contributed by atoms with E-state index in [-0.39, 0.29) is 12.5 Å². The first-order valence-electron chi connectivity index (χ1n) is 8.59. The molecule has 134 valence electrons. The summed E-state index contributed by atoms with van der Waals surface area (Å²) in [4.78, 5) is 13.7. The molecule has 0 aromatic carbocycles. The van der Waals surface area contributed by atoms with Crippen molar-refractivity contribution in [2.24, 2.45) is 0 Å². The van der Waals surface area contributed by atoms with Crippen molar-refractivity contribution < 1.29 is 14.6 Å².